The highest BCUT2D eigenvalue weighted by Crippen LogP contribution is 2.23. The summed E-state index contributed by atoms with van der Waals surface area (Å²) in [6, 6.07) is 6.69. The van der Waals surface area contributed by atoms with E-state index in [1.165, 1.54) is 18.2 Å². The number of aryl methyl sites for hydroxylation is 1. The van der Waals surface area contributed by atoms with E-state index in [9.17, 15) is 13.2 Å². The van der Waals surface area contributed by atoms with Crippen LogP contribution in [0.1, 0.15) is 11.1 Å². The van der Waals surface area contributed by atoms with Gasteiger partial charge in [0.1, 0.15) is 29.8 Å². The Hall–Kier alpha value is -1.49. The number of hydrogen-bond acceptors (Lipinski definition) is 1. The number of halogens is 4. The van der Waals surface area contributed by atoms with Crippen LogP contribution in [-0.2, 0) is 6.61 Å². The van der Waals surface area contributed by atoms with Crippen molar-refractivity contribution in [1.29, 1.82) is 0 Å². The van der Waals surface area contributed by atoms with Crippen LogP contribution in [0.5, 0.6) is 5.75 Å². The Labute approximate surface area is 117 Å². The van der Waals surface area contributed by atoms with Crippen molar-refractivity contribution in [3.8, 4) is 5.75 Å². The van der Waals surface area contributed by atoms with Gasteiger partial charge in [-0.15, -0.1) is 0 Å². The second-order valence-electron chi connectivity index (χ2n) is 4.02. The van der Waals surface area contributed by atoms with Gasteiger partial charge in [0.2, 0.25) is 0 Å². The number of rotatable bonds is 3. The van der Waals surface area contributed by atoms with E-state index in [-0.39, 0.29) is 22.4 Å². The highest BCUT2D eigenvalue weighted by atomic mass is 79.9. The molecule has 19 heavy (non-hydrogen) atoms. The summed E-state index contributed by atoms with van der Waals surface area (Å²) in [5, 5.41) is 0. The van der Waals surface area contributed by atoms with Crippen LogP contribution in [-0.4, -0.2) is 0 Å². The lowest BCUT2D eigenvalue weighted by Gasteiger charge is -2.09. The first-order valence-electron chi connectivity index (χ1n) is 5.50. The van der Waals surface area contributed by atoms with Crippen LogP contribution in [0.4, 0.5) is 13.2 Å². The van der Waals surface area contributed by atoms with Gasteiger partial charge in [-0.2, -0.15) is 0 Å². The third kappa shape index (κ3) is 3.10. The largest absolute Gasteiger partial charge is 0.489 e. The molecule has 0 N–H and O–H groups in total. The van der Waals surface area contributed by atoms with E-state index in [2.05, 4.69) is 15.9 Å². The van der Waals surface area contributed by atoms with Crippen LogP contribution < -0.4 is 4.74 Å². The van der Waals surface area contributed by atoms with Crippen LogP contribution in [0.2, 0.25) is 0 Å². The Balaban J connectivity index is 2.19. The van der Waals surface area contributed by atoms with Crippen LogP contribution in [0.3, 0.4) is 0 Å². The average Bonchev–Trinajstić information content (AvgIpc) is 2.38. The van der Waals surface area contributed by atoms with Gasteiger partial charge in [-0.25, -0.2) is 13.2 Å². The van der Waals surface area contributed by atoms with Gasteiger partial charge >= 0.3 is 0 Å². The highest BCUT2D eigenvalue weighted by Gasteiger charge is 2.13. The SMILES string of the molecule is Cc1ccc(OCc2c(F)ccc(Br)c2F)cc1F. The van der Waals surface area contributed by atoms with Gasteiger partial charge in [-0.3, -0.25) is 0 Å². The zero-order chi connectivity index (χ0) is 14.0. The predicted molar refractivity (Wildman–Crippen MR) is 69.5 cm³/mol. The van der Waals surface area contributed by atoms with E-state index in [0.29, 0.717) is 5.56 Å². The average molecular weight is 331 g/mol. The fraction of sp³-hybridized carbons (Fsp3) is 0.143. The van der Waals surface area contributed by atoms with E-state index in [4.69, 9.17) is 4.74 Å². The minimum Gasteiger partial charge on any atom is -0.489 e. The Morgan fingerprint density at radius 2 is 1.79 bits per heavy atom. The molecule has 0 atom stereocenters. The van der Waals surface area contributed by atoms with E-state index >= 15 is 0 Å². The van der Waals surface area contributed by atoms with E-state index < -0.39 is 17.5 Å². The zero-order valence-electron chi connectivity index (χ0n) is 10.0. The van der Waals surface area contributed by atoms with Crippen molar-refractivity contribution < 1.29 is 17.9 Å². The van der Waals surface area contributed by atoms with Crippen molar-refractivity contribution in [3.63, 3.8) is 0 Å². The van der Waals surface area contributed by atoms with Crippen LogP contribution in [0.15, 0.2) is 34.8 Å². The maximum Gasteiger partial charge on any atom is 0.146 e. The molecule has 2 aromatic rings. The molecule has 0 aliphatic heterocycles. The van der Waals surface area contributed by atoms with Crippen molar-refractivity contribution in [1.82, 2.24) is 0 Å². The first kappa shape index (κ1) is 13.9. The van der Waals surface area contributed by atoms with Gasteiger partial charge in [0.05, 0.1) is 10.0 Å². The maximum absolute atomic E-state index is 13.7. The molecule has 0 aliphatic rings. The molecule has 0 aromatic heterocycles. The van der Waals surface area contributed by atoms with Crippen molar-refractivity contribution in [2.45, 2.75) is 13.5 Å². The van der Waals surface area contributed by atoms with Gasteiger partial charge in [-0.05, 0) is 46.6 Å². The minimum atomic E-state index is -0.715. The molecule has 100 valence electrons. The molecule has 0 saturated heterocycles. The molecule has 1 nitrogen and oxygen atoms in total. The van der Waals surface area contributed by atoms with Gasteiger partial charge < -0.3 is 4.74 Å². The van der Waals surface area contributed by atoms with E-state index in [0.717, 1.165) is 6.07 Å². The molecule has 0 amide bonds. The Morgan fingerprint density at radius 3 is 2.47 bits per heavy atom. The second-order valence-corrected chi connectivity index (χ2v) is 4.88. The molecule has 0 unspecified atom stereocenters. The topological polar surface area (TPSA) is 9.23 Å². The second kappa shape index (κ2) is 5.65. The standard InChI is InChI=1S/C14H10BrF3O/c1-8-2-3-9(6-13(8)17)19-7-10-12(16)5-4-11(15)14(10)18/h2-6H,7H2,1H3. The fourth-order valence-electron chi connectivity index (χ4n) is 1.52. The first-order chi connectivity index (χ1) is 8.99. The lowest BCUT2D eigenvalue weighted by Crippen LogP contribution is -2.03. The molecule has 2 rings (SSSR count). The van der Waals surface area contributed by atoms with Crippen LogP contribution in [0, 0.1) is 24.4 Å². The van der Waals surface area contributed by atoms with Gasteiger partial charge in [0.15, 0.2) is 0 Å². The van der Waals surface area contributed by atoms with Crippen LogP contribution >= 0.6 is 15.9 Å². The number of hydrogen-bond donors (Lipinski definition) is 0. The van der Waals surface area contributed by atoms with Crippen molar-refractivity contribution >= 4 is 15.9 Å². The molecule has 0 heterocycles. The molecule has 0 bridgehead atoms. The fourth-order valence-corrected chi connectivity index (χ4v) is 1.89. The lowest BCUT2D eigenvalue weighted by molar-refractivity contribution is 0.290. The quantitative estimate of drug-likeness (QED) is 0.737. The Morgan fingerprint density at radius 1 is 1.05 bits per heavy atom. The molecule has 0 radical (unpaired) electrons. The van der Waals surface area contributed by atoms with Crippen molar-refractivity contribution in [2.24, 2.45) is 0 Å². The van der Waals surface area contributed by atoms with E-state index in [1.54, 1.807) is 13.0 Å². The number of ether oxygens (including phenoxy) is 1. The molecule has 0 fully saturated rings. The first-order valence-corrected chi connectivity index (χ1v) is 6.29. The third-order valence-electron chi connectivity index (χ3n) is 2.67. The Kier molecular flexibility index (Phi) is 4.14. The molecule has 0 aliphatic carbocycles. The zero-order valence-corrected chi connectivity index (χ0v) is 11.6. The summed E-state index contributed by atoms with van der Waals surface area (Å²) in [5.41, 5.74) is 0.280. The highest BCUT2D eigenvalue weighted by molar-refractivity contribution is 9.10. The molecular weight excluding hydrogens is 321 g/mol. The summed E-state index contributed by atoms with van der Waals surface area (Å²) in [6.07, 6.45) is 0. The molecule has 0 spiro atoms. The third-order valence-corrected chi connectivity index (χ3v) is 3.28. The Bertz CT molecular complexity index is 614. The van der Waals surface area contributed by atoms with Crippen LogP contribution in [0.25, 0.3) is 0 Å². The summed E-state index contributed by atoms with van der Waals surface area (Å²) >= 11 is 2.97. The smallest absolute Gasteiger partial charge is 0.146 e. The van der Waals surface area contributed by atoms with Gasteiger partial charge in [-0.1, -0.05) is 6.07 Å². The summed E-state index contributed by atoms with van der Waals surface area (Å²) in [4.78, 5) is 0. The summed E-state index contributed by atoms with van der Waals surface area (Å²) < 4.78 is 45.8. The van der Waals surface area contributed by atoms with Crippen molar-refractivity contribution in [2.75, 3.05) is 0 Å². The maximum atomic E-state index is 13.7. The summed E-state index contributed by atoms with van der Waals surface area (Å²) in [6.45, 7) is 1.31. The molecule has 0 saturated carbocycles. The number of benzene rings is 2. The van der Waals surface area contributed by atoms with E-state index in [1.807, 2.05) is 0 Å². The van der Waals surface area contributed by atoms with Gasteiger partial charge in [0.25, 0.3) is 0 Å². The van der Waals surface area contributed by atoms with Crippen molar-refractivity contribution in [3.05, 3.63) is 63.4 Å². The van der Waals surface area contributed by atoms with Gasteiger partial charge in [0, 0.05) is 6.07 Å². The molecular formula is C14H10BrF3O. The lowest BCUT2D eigenvalue weighted by atomic mass is 10.2. The summed E-state index contributed by atoms with van der Waals surface area (Å²) in [5.74, 6) is -1.62. The predicted octanol–water partition coefficient (Wildman–Crippen LogP) is 4.75. The normalized spacial score (nSPS) is 10.6. The monoisotopic (exact) mass is 330 g/mol. The molecule has 5 heteroatoms. The molecule has 2 aromatic carbocycles. The summed E-state index contributed by atoms with van der Waals surface area (Å²) in [7, 11) is 0. The minimum absolute atomic E-state index is 0.155.